The average Bonchev–Trinajstić information content (AvgIpc) is 3.20. The van der Waals surface area contributed by atoms with E-state index in [2.05, 4.69) is 46.1 Å². The maximum Gasteiger partial charge on any atom is 0.241 e. The molecule has 2 heterocycles. The summed E-state index contributed by atoms with van der Waals surface area (Å²) in [5, 5.41) is 6.18. The van der Waals surface area contributed by atoms with Gasteiger partial charge in [0.2, 0.25) is 11.7 Å². The van der Waals surface area contributed by atoms with Gasteiger partial charge in [0.15, 0.2) is 0 Å². The molecular formula is C18H19N3OS. The Labute approximate surface area is 140 Å². The zero-order valence-corrected chi connectivity index (χ0v) is 13.9. The Morgan fingerprint density at radius 2 is 2.04 bits per heavy atom. The third-order valence-corrected chi connectivity index (χ3v) is 4.34. The largest absolute Gasteiger partial charge is 0.338 e. The number of rotatable bonds is 7. The molecular weight excluding hydrogens is 306 g/mol. The van der Waals surface area contributed by atoms with E-state index in [0.717, 1.165) is 18.7 Å². The van der Waals surface area contributed by atoms with Crippen LogP contribution in [0.25, 0.3) is 11.4 Å². The number of thiophene rings is 1. The lowest BCUT2D eigenvalue weighted by atomic mass is 10.1. The van der Waals surface area contributed by atoms with Crippen LogP contribution in [0.5, 0.6) is 0 Å². The van der Waals surface area contributed by atoms with Crippen LogP contribution in [0.4, 0.5) is 0 Å². The van der Waals surface area contributed by atoms with Crippen LogP contribution in [0.3, 0.4) is 0 Å². The van der Waals surface area contributed by atoms with Gasteiger partial charge in [-0.15, -0.1) is 17.9 Å². The van der Waals surface area contributed by atoms with E-state index in [4.69, 9.17) is 4.52 Å². The lowest BCUT2D eigenvalue weighted by molar-refractivity contribution is 0.241. The van der Waals surface area contributed by atoms with Crippen LogP contribution in [0.1, 0.15) is 16.3 Å². The summed E-state index contributed by atoms with van der Waals surface area (Å²) in [6.07, 6.45) is 1.89. The number of aromatic nitrogens is 2. The Morgan fingerprint density at radius 1 is 1.22 bits per heavy atom. The van der Waals surface area contributed by atoms with Gasteiger partial charge in [-0.3, -0.25) is 4.90 Å². The highest BCUT2D eigenvalue weighted by Gasteiger charge is 2.13. The lowest BCUT2D eigenvalue weighted by Gasteiger charge is -2.17. The van der Waals surface area contributed by atoms with Crippen molar-refractivity contribution >= 4 is 11.3 Å². The van der Waals surface area contributed by atoms with Gasteiger partial charge in [-0.25, -0.2) is 0 Å². The predicted molar refractivity (Wildman–Crippen MR) is 93.1 cm³/mol. The molecule has 3 rings (SSSR count). The highest BCUT2D eigenvalue weighted by atomic mass is 32.1. The van der Waals surface area contributed by atoms with Crippen LogP contribution in [-0.4, -0.2) is 21.6 Å². The molecule has 0 saturated carbocycles. The van der Waals surface area contributed by atoms with Crippen molar-refractivity contribution in [2.24, 2.45) is 0 Å². The van der Waals surface area contributed by atoms with E-state index in [1.54, 1.807) is 11.3 Å². The lowest BCUT2D eigenvalue weighted by Crippen LogP contribution is -2.22. The van der Waals surface area contributed by atoms with E-state index in [1.807, 2.05) is 30.3 Å². The molecule has 0 radical (unpaired) electrons. The van der Waals surface area contributed by atoms with Gasteiger partial charge in [-0.2, -0.15) is 4.98 Å². The maximum atomic E-state index is 5.41. The van der Waals surface area contributed by atoms with Crippen molar-refractivity contribution in [3.05, 3.63) is 70.8 Å². The fourth-order valence-corrected chi connectivity index (χ4v) is 3.07. The zero-order valence-electron chi connectivity index (χ0n) is 13.1. The first-order valence-corrected chi connectivity index (χ1v) is 8.38. The fourth-order valence-electron chi connectivity index (χ4n) is 2.32. The molecule has 118 valence electrons. The molecule has 2 aromatic heterocycles. The first kappa shape index (κ1) is 15.6. The molecule has 23 heavy (non-hydrogen) atoms. The Balaban J connectivity index is 1.70. The van der Waals surface area contributed by atoms with Crippen LogP contribution in [0.2, 0.25) is 0 Å². The SMILES string of the molecule is C=CCN(Cc1nc(-c2ccc(C)cc2)no1)Cc1cccs1. The van der Waals surface area contributed by atoms with Gasteiger partial charge >= 0.3 is 0 Å². The molecule has 0 fully saturated rings. The number of hydrogen-bond acceptors (Lipinski definition) is 5. The standard InChI is InChI=1S/C18H19N3OS/c1-3-10-21(12-16-5-4-11-23-16)13-17-19-18(20-22-17)15-8-6-14(2)7-9-15/h3-9,11H,1,10,12-13H2,2H3. The summed E-state index contributed by atoms with van der Waals surface area (Å²) in [6.45, 7) is 8.13. The summed E-state index contributed by atoms with van der Waals surface area (Å²) in [5.41, 5.74) is 2.18. The normalized spacial score (nSPS) is 11.0. The smallest absolute Gasteiger partial charge is 0.241 e. The van der Waals surface area contributed by atoms with Crippen molar-refractivity contribution in [3.63, 3.8) is 0 Å². The Bertz CT molecular complexity index is 747. The Hall–Kier alpha value is -2.24. The summed E-state index contributed by atoms with van der Waals surface area (Å²) in [6, 6.07) is 12.3. The number of aryl methyl sites for hydroxylation is 1. The summed E-state index contributed by atoms with van der Waals surface area (Å²) >= 11 is 1.75. The summed E-state index contributed by atoms with van der Waals surface area (Å²) in [4.78, 5) is 8.05. The van der Waals surface area contributed by atoms with E-state index in [0.29, 0.717) is 18.3 Å². The summed E-state index contributed by atoms with van der Waals surface area (Å²) in [5.74, 6) is 1.26. The fraction of sp³-hybridized carbons (Fsp3) is 0.222. The molecule has 1 aromatic carbocycles. The van der Waals surface area contributed by atoms with Gasteiger partial charge in [0, 0.05) is 23.5 Å². The first-order chi connectivity index (χ1) is 11.2. The third kappa shape index (κ3) is 4.15. The molecule has 0 aliphatic rings. The summed E-state index contributed by atoms with van der Waals surface area (Å²) < 4.78 is 5.41. The first-order valence-electron chi connectivity index (χ1n) is 7.50. The third-order valence-electron chi connectivity index (χ3n) is 3.48. The van der Waals surface area contributed by atoms with Gasteiger partial charge in [0.1, 0.15) is 0 Å². The van der Waals surface area contributed by atoms with Crippen LogP contribution in [0, 0.1) is 6.92 Å². The van der Waals surface area contributed by atoms with Gasteiger partial charge in [-0.05, 0) is 18.4 Å². The molecule has 5 heteroatoms. The van der Waals surface area contributed by atoms with Crippen molar-refractivity contribution in [3.8, 4) is 11.4 Å². The van der Waals surface area contributed by atoms with Crippen LogP contribution in [0.15, 0.2) is 59.0 Å². The second-order valence-corrected chi connectivity index (χ2v) is 6.45. The van der Waals surface area contributed by atoms with Gasteiger partial charge in [-0.1, -0.05) is 47.1 Å². The minimum Gasteiger partial charge on any atom is -0.338 e. The minimum atomic E-state index is 0.614. The molecule has 0 unspecified atom stereocenters. The van der Waals surface area contributed by atoms with E-state index in [-0.39, 0.29) is 0 Å². The highest BCUT2D eigenvalue weighted by Crippen LogP contribution is 2.18. The van der Waals surface area contributed by atoms with E-state index >= 15 is 0 Å². The van der Waals surface area contributed by atoms with E-state index in [1.165, 1.54) is 10.4 Å². The topological polar surface area (TPSA) is 42.2 Å². The molecule has 0 N–H and O–H groups in total. The van der Waals surface area contributed by atoms with Gasteiger partial charge in [0.05, 0.1) is 6.54 Å². The molecule has 0 bridgehead atoms. The second-order valence-electron chi connectivity index (χ2n) is 5.42. The van der Waals surface area contributed by atoms with Crippen molar-refractivity contribution in [2.45, 2.75) is 20.0 Å². The molecule has 0 aliphatic heterocycles. The predicted octanol–water partition coefficient (Wildman–Crippen LogP) is 4.29. The van der Waals surface area contributed by atoms with Gasteiger partial charge < -0.3 is 4.52 Å². The zero-order chi connectivity index (χ0) is 16.1. The van der Waals surface area contributed by atoms with Crippen molar-refractivity contribution in [1.82, 2.24) is 15.0 Å². The van der Waals surface area contributed by atoms with Crippen LogP contribution >= 0.6 is 11.3 Å². The number of hydrogen-bond donors (Lipinski definition) is 0. The molecule has 0 aliphatic carbocycles. The van der Waals surface area contributed by atoms with E-state index < -0.39 is 0 Å². The Kier molecular flexibility index (Phi) is 5.00. The monoisotopic (exact) mass is 325 g/mol. The van der Waals surface area contributed by atoms with Crippen molar-refractivity contribution in [2.75, 3.05) is 6.54 Å². The average molecular weight is 325 g/mol. The highest BCUT2D eigenvalue weighted by molar-refractivity contribution is 7.09. The van der Waals surface area contributed by atoms with E-state index in [9.17, 15) is 0 Å². The molecule has 0 saturated heterocycles. The second kappa shape index (κ2) is 7.35. The van der Waals surface area contributed by atoms with Crippen molar-refractivity contribution < 1.29 is 4.52 Å². The molecule has 0 spiro atoms. The Morgan fingerprint density at radius 3 is 2.74 bits per heavy atom. The quantitative estimate of drug-likeness (QED) is 0.608. The molecule has 0 amide bonds. The minimum absolute atomic E-state index is 0.614. The van der Waals surface area contributed by atoms with Crippen LogP contribution in [-0.2, 0) is 13.1 Å². The molecule has 0 atom stereocenters. The number of benzene rings is 1. The maximum absolute atomic E-state index is 5.41. The number of nitrogens with zero attached hydrogens (tertiary/aromatic N) is 3. The molecule has 4 nitrogen and oxygen atoms in total. The van der Waals surface area contributed by atoms with Gasteiger partial charge in [0.25, 0.3) is 0 Å². The van der Waals surface area contributed by atoms with Crippen molar-refractivity contribution in [1.29, 1.82) is 0 Å². The summed E-state index contributed by atoms with van der Waals surface area (Å²) in [7, 11) is 0. The molecule has 3 aromatic rings. The van der Waals surface area contributed by atoms with Crippen LogP contribution < -0.4 is 0 Å².